The number of unbranched alkanes of at least 4 members (excludes halogenated alkanes) is 6. The minimum Gasteiger partial charge on any atom is -0.368 e. The molecule has 0 amide bonds. The maximum Gasteiger partial charge on any atom is 0.000442 e. The highest BCUT2D eigenvalue weighted by atomic mass is 14.8. The van der Waals surface area contributed by atoms with Gasteiger partial charge in [0.25, 0.3) is 0 Å². The van der Waals surface area contributed by atoms with Gasteiger partial charge in [-0.15, -0.1) is 6.58 Å². The Kier molecular flexibility index (Phi) is 13.7. The van der Waals surface area contributed by atoms with Crippen molar-refractivity contribution in [2.75, 3.05) is 0 Å². The number of nitrogens with one attached hydrogen (secondary N) is 1. The van der Waals surface area contributed by atoms with Gasteiger partial charge in [-0.25, -0.2) is 0 Å². The van der Waals surface area contributed by atoms with Crippen LogP contribution < -0.4 is 5.32 Å². The minimum atomic E-state index is 1.20. The summed E-state index contributed by atoms with van der Waals surface area (Å²) in [5, 5.41) is 2.92. The molecule has 0 aromatic heterocycles. The molecule has 0 spiro atoms. The second-order valence-electron chi connectivity index (χ2n) is 4.11. The van der Waals surface area contributed by atoms with E-state index < -0.39 is 0 Å². The molecule has 0 atom stereocenters. The Labute approximate surface area is 107 Å². The Morgan fingerprint density at radius 3 is 2.06 bits per heavy atom. The molecule has 1 aliphatic rings. The Morgan fingerprint density at radius 1 is 0.882 bits per heavy atom. The zero-order valence-electron chi connectivity index (χ0n) is 11.2. The van der Waals surface area contributed by atoms with Crippen LogP contribution in [0.15, 0.2) is 49.4 Å². The second kappa shape index (κ2) is 14.8. The monoisotopic (exact) mass is 233 g/mol. The molecule has 1 rings (SSSR count). The summed E-state index contributed by atoms with van der Waals surface area (Å²) in [5.74, 6) is 0. The Balaban J connectivity index is 0.000000318. The van der Waals surface area contributed by atoms with Crippen LogP contribution in [0.1, 0.15) is 51.9 Å². The van der Waals surface area contributed by atoms with Crippen molar-refractivity contribution in [3.8, 4) is 0 Å². The van der Waals surface area contributed by atoms with Crippen molar-refractivity contribution in [2.45, 2.75) is 51.9 Å². The standard InChI is InChI=1S/C10H20.C6H7N/c1-3-5-7-9-10-8-6-4-2;1-2-4-6-7-5-3-1/h3H,1,4-10H2,2H3;1-7H. The van der Waals surface area contributed by atoms with Crippen molar-refractivity contribution in [1.29, 1.82) is 0 Å². The van der Waals surface area contributed by atoms with Gasteiger partial charge in [0.2, 0.25) is 0 Å². The van der Waals surface area contributed by atoms with Gasteiger partial charge >= 0.3 is 0 Å². The number of hydrogen-bond donors (Lipinski definition) is 1. The summed E-state index contributed by atoms with van der Waals surface area (Å²) in [4.78, 5) is 0. The normalized spacial score (nSPS) is 12.3. The third-order valence-corrected chi connectivity index (χ3v) is 2.48. The van der Waals surface area contributed by atoms with Crippen molar-refractivity contribution in [1.82, 2.24) is 5.32 Å². The summed E-state index contributed by atoms with van der Waals surface area (Å²) in [7, 11) is 0. The molecule has 0 radical (unpaired) electrons. The van der Waals surface area contributed by atoms with Crippen molar-refractivity contribution in [2.24, 2.45) is 0 Å². The van der Waals surface area contributed by atoms with Crippen molar-refractivity contribution >= 4 is 0 Å². The number of allylic oxidation sites excluding steroid dienone is 5. The van der Waals surface area contributed by atoms with Crippen LogP contribution in [0.5, 0.6) is 0 Å². The molecule has 0 aliphatic carbocycles. The van der Waals surface area contributed by atoms with E-state index in [4.69, 9.17) is 0 Å². The van der Waals surface area contributed by atoms with E-state index in [1.807, 2.05) is 42.8 Å². The Hall–Kier alpha value is -1.24. The van der Waals surface area contributed by atoms with Crippen LogP contribution in [-0.4, -0.2) is 0 Å². The lowest BCUT2D eigenvalue weighted by Gasteiger charge is -1.96. The van der Waals surface area contributed by atoms with Crippen LogP contribution in [0.4, 0.5) is 0 Å². The average molecular weight is 233 g/mol. The first kappa shape index (κ1) is 15.8. The molecule has 1 heterocycles. The van der Waals surface area contributed by atoms with Gasteiger partial charge in [0.15, 0.2) is 0 Å². The molecule has 17 heavy (non-hydrogen) atoms. The van der Waals surface area contributed by atoms with Gasteiger partial charge in [0, 0.05) is 12.4 Å². The van der Waals surface area contributed by atoms with E-state index >= 15 is 0 Å². The zero-order valence-corrected chi connectivity index (χ0v) is 11.2. The quantitative estimate of drug-likeness (QED) is 0.476. The molecule has 1 N–H and O–H groups in total. The fraction of sp³-hybridized carbons (Fsp3) is 0.500. The van der Waals surface area contributed by atoms with Gasteiger partial charge in [-0.05, 0) is 25.0 Å². The van der Waals surface area contributed by atoms with E-state index in [1.54, 1.807) is 0 Å². The fourth-order valence-electron chi connectivity index (χ4n) is 1.48. The Morgan fingerprint density at radius 2 is 1.47 bits per heavy atom. The third kappa shape index (κ3) is 14.8. The van der Waals surface area contributed by atoms with Gasteiger partial charge in [-0.3, -0.25) is 0 Å². The lowest BCUT2D eigenvalue weighted by Crippen LogP contribution is -1.87. The first-order valence-electron chi connectivity index (χ1n) is 6.77. The lowest BCUT2D eigenvalue weighted by molar-refractivity contribution is 0.611. The SMILES string of the molecule is C1=CC=CNC=C1.C=CCCCCCCCC. The molecule has 0 aromatic rings. The summed E-state index contributed by atoms with van der Waals surface area (Å²) in [6, 6.07) is 0. The smallest absolute Gasteiger partial charge is 0.000442 e. The number of rotatable bonds is 7. The molecule has 1 aliphatic heterocycles. The van der Waals surface area contributed by atoms with Crippen LogP contribution in [0.2, 0.25) is 0 Å². The Bertz CT molecular complexity index is 222. The topological polar surface area (TPSA) is 12.0 Å². The van der Waals surface area contributed by atoms with Gasteiger partial charge in [-0.1, -0.05) is 57.3 Å². The van der Waals surface area contributed by atoms with Gasteiger partial charge in [-0.2, -0.15) is 0 Å². The predicted molar refractivity (Wildman–Crippen MR) is 78.7 cm³/mol. The highest BCUT2D eigenvalue weighted by molar-refractivity contribution is 5.14. The van der Waals surface area contributed by atoms with Crippen molar-refractivity contribution in [3.63, 3.8) is 0 Å². The van der Waals surface area contributed by atoms with E-state index in [1.165, 1.54) is 44.9 Å². The van der Waals surface area contributed by atoms with E-state index in [0.717, 1.165) is 0 Å². The average Bonchev–Trinajstić information content (AvgIpc) is 2.67. The van der Waals surface area contributed by atoms with Gasteiger partial charge in [0.05, 0.1) is 0 Å². The summed E-state index contributed by atoms with van der Waals surface area (Å²) in [5.41, 5.74) is 0. The first-order valence-corrected chi connectivity index (χ1v) is 6.77. The van der Waals surface area contributed by atoms with Crippen LogP contribution >= 0.6 is 0 Å². The molecule has 0 fully saturated rings. The molecule has 1 heteroatoms. The predicted octanol–water partition coefficient (Wildman–Crippen LogP) is 5.10. The highest BCUT2D eigenvalue weighted by Crippen LogP contribution is 2.06. The van der Waals surface area contributed by atoms with E-state index in [2.05, 4.69) is 18.8 Å². The van der Waals surface area contributed by atoms with Gasteiger partial charge < -0.3 is 5.32 Å². The molecular formula is C16H27N. The maximum atomic E-state index is 3.69. The lowest BCUT2D eigenvalue weighted by atomic mass is 10.1. The third-order valence-electron chi connectivity index (χ3n) is 2.48. The van der Waals surface area contributed by atoms with E-state index in [9.17, 15) is 0 Å². The first-order chi connectivity index (χ1) is 8.41. The molecule has 0 saturated heterocycles. The molecule has 1 nitrogen and oxygen atoms in total. The van der Waals surface area contributed by atoms with E-state index in [0.29, 0.717) is 0 Å². The molecular weight excluding hydrogens is 206 g/mol. The largest absolute Gasteiger partial charge is 0.368 e. The van der Waals surface area contributed by atoms with Crippen molar-refractivity contribution in [3.05, 3.63) is 49.4 Å². The van der Waals surface area contributed by atoms with E-state index in [-0.39, 0.29) is 0 Å². The summed E-state index contributed by atoms with van der Waals surface area (Å²) >= 11 is 0. The number of hydrogen-bond acceptors (Lipinski definition) is 1. The second-order valence-corrected chi connectivity index (χ2v) is 4.11. The molecule has 0 bridgehead atoms. The summed E-state index contributed by atoms with van der Waals surface area (Å²) in [6.07, 6.45) is 23.1. The van der Waals surface area contributed by atoms with Crippen LogP contribution in [0.3, 0.4) is 0 Å². The maximum absolute atomic E-state index is 3.69. The summed E-state index contributed by atoms with van der Waals surface area (Å²) < 4.78 is 0. The van der Waals surface area contributed by atoms with Crippen molar-refractivity contribution < 1.29 is 0 Å². The summed E-state index contributed by atoms with van der Waals surface area (Å²) in [6.45, 7) is 5.95. The minimum absolute atomic E-state index is 1.20. The molecule has 0 saturated carbocycles. The molecule has 0 unspecified atom stereocenters. The van der Waals surface area contributed by atoms with Gasteiger partial charge in [0.1, 0.15) is 0 Å². The molecule has 0 aromatic carbocycles. The zero-order chi connectivity index (χ0) is 12.6. The highest BCUT2D eigenvalue weighted by Gasteiger charge is 1.86. The van der Waals surface area contributed by atoms with Crippen LogP contribution in [0.25, 0.3) is 0 Å². The fourth-order valence-corrected chi connectivity index (χ4v) is 1.48. The van der Waals surface area contributed by atoms with Crippen LogP contribution in [-0.2, 0) is 0 Å². The molecule has 96 valence electrons. The van der Waals surface area contributed by atoms with Crippen LogP contribution in [0, 0.1) is 0 Å².